The van der Waals surface area contributed by atoms with E-state index in [0.717, 1.165) is 54.9 Å². The van der Waals surface area contributed by atoms with E-state index in [1.807, 2.05) is 0 Å². The molecule has 2 heterocycles. The highest BCUT2D eigenvalue weighted by Crippen LogP contribution is 2.71. The summed E-state index contributed by atoms with van der Waals surface area (Å²) in [6, 6.07) is 0. The second-order valence-electron chi connectivity index (χ2n) is 13.3. The van der Waals surface area contributed by atoms with Gasteiger partial charge in [0, 0.05) is 12.5 Å². The van der Waals surface area contributed by atoms with Gasteiger partial charge in [-0.3, -0.25) is 5.32 Å². The maximum atomic E-state index is 10.3. The quantitative estimate of drug-likeness (QED) is 0.559. The maximum Gasteiger partial charge on any atom is 0.122 e. The fourth-order valence-corrected chi connectivity index (χ4v) is 10.4. The Bertz CT molecular complexity index is 686. The monoisotopic (exact) mass is 415 g/mol. The van der Waals surface area contributed by atoms with Crippen molar-refractivity contribution >= 4 is 0 Å². The van der Waals surface area contributed by atoms with Crippen LogP contribution in [-0.4, -0.2) is 29.6 Å². The van der Waals surface area contributed by atoms with E-state index >= 15 is 0 Å². The smallest absolute Gasteiger partial charge is 0.122 e. The highest BCUT2D eigenvalue weighted by molar-refractivity contribution is 5.16. The van der Waals surface area contributed by atoms with Crippen LogP contribution < -0.4 is 5.32 Å². The summed E-state index contributed by atoms with van der Waals surface area (Å²) in [5.41, 5.74) is 0.919. The summed E-state index contributed by atoms with van der Waals surface area (Å²) in [5.74, 6) is 5.57. The van der Waals surface area contributed by atoms with Gasteiger partial charge in [0.15, 0.2) is 0 Å². The van der Waals surface area contributed by atoms with Crippen molar-refractivity contribution in [2.45, 2.75) is 110 Å². The maximum absolute atomic E-state index is 10.3. The molecule has 12 atom stereocenters. The van der Waals surface area contributed by atoms with Gasteiger partial charge in [-0.15, -0.1) is 0 Å². The summed E-state index contributed by atoms with van der Waals surface area (Å²) < 4.78 is 7.01. The molecule has 0 aromatic heterocycles. The molecule has 0 aromatic carbocycles. The summed E-state index contributed by atoms with van der Waals surface area (Å²) in [7, 11) is 0. The fourth-order valence-electron chi connectivity index (χ4n) is 10.4. The molecule has 4 saturated carbocycles. The van der Waals surface area contributed by atoms with Crippen molar-refractivity contribution in [2.75, 3.05) is 6.54 Å². The zero-order valence-electron chi connectivity index (χ0n) is 19.8. The lowest BCUT2D eigenvalue weighted by Gasteiger charge is -2.61. The van der Waals surface area contributed by atoms with Gasteiger partial charge >= 0.3 is 0 Å². The second-order valence-corrected chi connectivity index (χ2v) is 13.3. The van der Waals surface area contributed by atoms with Gasteiger partial charge in [0.2, 0.25) is 0 Å². The first-order valence-corrected chi connectivity index (χ1v) is 13.4. The molecule has 2 N–H and O–H groups in total. The number of fused-ring (bicyclic) bond motifs is 7. The molecular formula is C27H45NO2. The van der Waals surface area contributed by atoms with Crippen molar-refractivity contribution in [1.29, 1.82) is 0 Å². The van der Waals surface area contributed by atoms with Crippen LogP contribution in [0.3, 0.4) is 0 Å². The Balaban J connectivity index is 1.26. The van der Waals surface area contributed by atoms with Crippen LogP contribution in [0.15, 0.2) is 0 Å². The van der Waals surface area contributed by atoms with Gasteiger partial charge in [-0.2, -0.15) is 0 Å². The Morgan fingerprint density at radius 2 is 1.67 bits per heavy atom. The largest absolute Gasteiger partial charge is 0.393 e. The van der Waals surface area contributed by atoms with E-state index in [4.69, 9.17) is 4.74 Å². The molecule has 6 rings (SSSR count). The van der Waals surface area contributed by atoms with Crippen LogP contribution in [-0.2, 0) is 4.74 Å². The summed E-state index contributed by atoms with van der Waals surface area (Å²) in [5, 5.41) is 14.2. The highest BCUT2D eigenvalue weighted by atomic mass is 16.5. The first-order chi connectivity index (χ1) is 14.3. The number of hydrogen-bond donors (Lipinski definition) is 2. The van der Waals surface area contributed by atoms with E-state index in [9.17, 15) is 5.11 Å². The van der Waals surface area contributed by atoms with Crippen LogP contribution in [0.5, 0.6) is 0 Å². The van der Waals surface area contributed by atoms with Crippen LogP contribution in [0.2, 0.25) is 0 Å². The average Bonchev–Trinajstić information content (AvgIpc) is 3.16. The predicted octanol–water partition coefficient (Wildman–Crippen LogP) is 5.37. The minimum atomic E-state index is -0.0320. The number of hydrogen-bond acceptors (Lipinski definition) is 3. The molecule has 3 heteroatoms. The molecule has 0 aromatic rings. The molecule has 4 aliphatic carbocycles. The Labute approximate surface area is 184 Å². The molecule has 2 aliphatic heterocycles. The number of nitrogens with one attached hydrogen (secondary N) is 1. The summed E-state index contributed by atoms with van der Waals surface area (Å²) in [6.07, 6.45) is 13.2. The van der Waals surface area contributed by atoms with E-state index in [0.29, 0.717) is 22.9 Å². The van der Waals surface area contributed by atoms with Crippen LogP contribution in [0.1, 0.15) is 91.9 Å². The van der Waals surface area contributed by atoms with E-state index in [1.54, 1.807) is 0 Å². The Kier molecular flexibility index (Phi) is 4.58. The lowest BCUT2D eigenvalue weighted by molar-refractivity contribution is -0.140. The molecule has 2 saturated heterocycles. The standard InChI is InChI=1S/C27H45NO2/c1-16-7-12-27(28-15-16)17(2)24-23(30-27)14-22-20-6-5-18-13-19(29)8-10-25(18,3)21(20)9-11-26(22,24)4/h16-24,28-29H,5-15H2,1-4H3/t16-,17-,18-,19-,20+,21-,22-,23-,24-,25-,26-,27+/m0/s1. The van der Waals surface area contributed by atoms with Crippen molar-refractivity contribution in [3.63, 3.8) is 0 Å². The van der Waals surface area contributed by atoms with Crippen molar-refractivity contribution < 1.29 is 9.84 Å². The molecule has 6 fully saturated rings. The predicted molar refractivity (Wildman–Crippen MR) is 120 cm³/mol. The lowest BCUT2D eigenvalue weighted by atomic mass is 9.44. The second kappa shape index (κ2) is 6.70. The van der Waals surface area contributed by atoms with Crippen molar-refractivity contribution in [3.8, 4) is 0 Å². The third kappa shape index (κ3) is 2.61. The minimum absolute atomic E-state index is 0.0319. The van der Waals surface area contributed by atoms with E-state index < -0.39 is 0 Å². The van der Waals surface area contributed by atoms with Crippen molar-refractivity contribution in [3.05, 3.63) is 0 Å². The Morgan fingerprint density at radius 1 is 0.867 bits per heavy atom. The Morgan fingerprint density at radius 3 is 2.43 bits per heavy atom. The van der Waals surface area contributed by atoms with E-state index in [1.165, 1.54) is 51.4 Å². The average molecular weight is 416 g/mol. The van der Waals surface area contributed by atoms with Crippen LogP contribution >= 0.6 is 0 Å². The van der Waals surface area contributed by atoms with Crippen molar-refractivity contribution in [2.24, 2.45) is 52.3 Å². The zero-order valence-corrected chi connectivity index (χ0v) is 19.8. The van der Waals surface area contributed by atoms with Gasteiger partial charge in [0.1, 0.15) is 5.72 Å². The SMILES string of the molecule is C[C@H]1CC[C@@]2(NC1)O[C@H]1C[C@H]3[C@@H]4CC[C@H]5C[C@@H](O)CC[C@]5(C)[C@H]4CC[C@]3(C)[C@H]1[C@@H]2C. The first kappa shape index (κ1) is 20.5. The molecule has 0 radical (unpaired) electrons. The molecule has 170 valence electrons. The number of rotatable bonds is 0. The van der Waals surface area contributed by atoms with Gasteiger partial charge < -0.3 is 9.84 Å². The Hall–Kier alpha value is -0.120. The number of ether oxygens (including phenoxy) is 1. The van der Waals surface area contributed by atoms with Crippen LogP contribution in [0.4, 0.5) is 0 Å². The third-order valence-electron chi connectivity index (χ3n) is 12.1. The first-order valence-electron chi connectivity index (χ1n) is 13.4. The third-order valence-corrected chi connectivity index (χ3v) is 12.1. The number of aliphatic hydroxyl groups excluding tert-OH is 1. The summed E-state index contributed by atoms with van der Waals surface area (Å²) in [4.78, 5) is 0. The van der Waals surface area contributed by atoms with Crippen LogP contribution in [0, 0.1) is 52.3 Å². The molecule has 1 spiro atoms. The topological polar surface area (TPSA) is 41.5 Å². The fraction of sp³-hybridized carbons (Fsp3) is 1.00. The molecule has 6 aliphatic rings. The van der Waals surface area contributed by atoms with Crippen molar-refractivity contribution in [1.82, 2.24) is 5.32 Å². The van der Waals surface area contributed by atoms with Gasteiger partial charge in [0.05, 0.1) is 12.2 Å². The molecule has 3 nitrogen and oxygen atoms in total. The highest BCUT2D eigenvalue weighted by Gasteiger charge is 2.68. The molecule has 30 heavy (non-hydrogen) atoms. The summed E-state index contributed by atoms with van der Waals surface area (Å²) >= 11 is 0. The normalized spacial score (nSPS) is 62.5. The van der Waals surface area contributed by atoms with Gasteiger partial charge in [-0.05, 0) is 111 Å². The number of piperidine rings is 1. The van der Waals surface area contributed by atoms with Crippen LogP contribution in [0.25, 0.3) is 0 Å². The molecular weight excluding hydrogens is 370 g/mol. The minimum Gasteiger partial charge on any atom is -0.393 e. The number of aliphatic hydroxyl groups is 1. The zero-order chi connectivity index (χ0) is 20.9. The molecule has 0 bridgehead atoms. The van der Waals surface area contributed by atoms with Gasteiger partial charge in [-0.1, -0.05) is 27.7 Å². The van der Waals surface area contributed by atoms with Gasteiger partial charge in [0.25, 0.3) is 0 Å². The molecule has 0 amide bonds. The summed E-state index contributed by atoms with van der Waals surface area (Å²) in [6.45, 7) is 11.3. The molecule has 0 unspecified atom stereocenters. The van der Waals surface area contributed by atoms with E-state index in [-0.39, 0.29) is 11.8 Å². The van der Waals surface area contributed by atoms with E-state index in [2.05, 4.69) is 33.0 Å². The lowest BCUT2D eigenvalue weighted by Crippen LogP contribution is -2.57. The van der Waals surface area contributed by atoms with Gasteiger partial charge in [-0.25, -0.2) is 0 Å².